The molecular formula is C27H30ClN3O4. The van der Waals surface area contributed by atoms with Gasteiger partial charge >= 0.3 is 5.97 Å². The SMILES string of the molecule is O=C1C[C@@H](C(=O)Nc2cccc(C(=O)N3CCN(c4cccc(Cl)c4)CC3)c2)C2(CCCCC2)O1. The van der Waals surface area contributed by atoms with Crippen molar-refractivity contribution in [3.8, 4) is 0 Å². The molecule has 1 aliphatic carbocycles. The Morgan fingerprint density at radius 1 is 0.971 bits per heavy atom. The molecule has 7 nitrogen and oxygen atoms in total. The number of benzene rings is 2. The topological polar surface area (TPSA) is 79.0 Å². The number of ether oxygens (including phenoxy) is 1. The molecule has 1 saturated carbocycles. The molecule has 3 fully saturated rings. The predicted octanol–water partition coefficient (Wildman–Crippen LogP) is 4.51. The molecule has 1 atom stereocenters. The molecule has 2 amide bonds. The Morgan fingerprint density at radius 2 is 1.71 bits per heavy atom. The molecule has 2 heterocycles. The molecule has 0 unspecified atom stereocenters. The fraction of sp³-hybridized carbons (Fsp3) is 0.444. The molecule has 2 aromatic carbocycles. The second-order valence-electron chi connectivity index (χ2n) is 9.69. The van der Waals surface area contributed by atoms with E-state index in [4.69, 9.17) is 16.3 Å². The van der Waals surface area contributed by atoms with Crippen molar-refractivity contribution >= 4 is 40.8 Å². The Hall–Kier alpha value is -3.06. The van der Waals surface area contributed by atoms with E-state index in [9.17, 15) is 14.4 Å². The van der Waals surface area contributed by atoms with Crippen LogP contribution >= 0.6 is 11.6 Å². The van der Waals surface area contributed by atoms with Gasteiger partial charge in [0.15, 0.2) is 0 Å². The van der Waals surface area contributed by atoms with E-state index in [0.717, 1.165) is 50.9 Å². The Labute approximate surface area is 210 Å². The van der Waals surface area contributed by atoms with Crippen molar-refractivity contribution in [3.05, 3.63) is 59.1 Å². The first-order valence-electron chi connectivity index (χ1n) is 12.4. The molecule has 5 rings (SSSR count). The van der Waals surface area contributed by atoms with Crippen molar-refractivity contribution in [1.29, 1.82) is 0 Å². The zero-order chi connectivity index (χ0) is 24.4. The van der Waals surface area contributed by atoms with Crippen molar-refractivity contribution < 1.29 is 19.1 Å². The standard InChI is InChI=1S/C27H30ClN3O4/c28-20-7-5-9-22(17-20)30-12-14-31(15-13-30)26(34)19-6-4-8-21(16-19)29-25(33)23-18-24(32)35-27(23)10-2-1-3-11-27/h4-9,16-17,23H,1-3,10-15,18H2,(H,29,33)/t23-/m0/s1. The number of carbonyl (C=O) groups excluding carboxylic acids is 3. The third-order valence-electron chi connectivity index (χ3n) is 7.46. The van der Waals surface area contributed by atoms with E-state index in [-0.39, 0.29) is 24.2 Å². The smallest absolute Gasteiger partial charge is 0.307 e. The van der Waals surface area contributed by atoms with Crippen molar-refractivity contribution in [2.45, 2.75) is 44.1 Å². The highest BCUT2D eigenvalue weighted by molar-refractivity contribution is 6.30. The number of hydrogen-bond acceptors (Lipinski definition) is 5. The van der Waals surface area contributed by atoms with Gasteiger partial charge in [0.25, 0.3) is 5.91 Å². The van der Waals surface area contributed by atoms with Crippen molar-refractivity contribution in [2.24, 2.45) is 5.92 Å². The van der Waals surface area contributed by atoms with Crippen LogP contribution in [0.4, 0.5) is 11.4 Å². The van der Waals surface area contributed by atoms with Gasteiger partial charge in [0.2, 0.25) is 5.91 Å². The number of piperazine rings is 1. The zero-order valence-electron chi connectivity index (χ0n) is 19.7. The van der Waals surface area contributed by atoms with Crippen LogP contribution in [0.15, 0.2) is 48.5 Å². The summed E-state index contributed by atoms with van der Waals surface area (Å²) in [6.07, 6.45) is 4.61. The van der Waals surface area contributed by atoms with Gasteiger partial charge < -0.3 is 19.9 Å². The summed E-state index contributed by atoms with van der Waals surface area (Å²) in [5.41, 5.74) is 1.48. The number of nitrogens with zero attached hydrogens (tertiary/aromatic N) is 2. The van der Waals surface area contributed by atoms with Crippen LogP contribution in [0.5, 0.6) is 0 Å². The maximum Gasteiger partial charge on any atom is 0.307 e. The Kier molecular flexibility index (Phi) is 6.69. The molecule has 0 aromatic heterocycles. The summed E-state index contributed by atoms with van der Waals surface area (Å²) in [7, 11) is 0. The maximum absolute atomic E-state index is 13.2. The summed E-state index contributed by atoms with van der Waals surface area (Å²) in [5.74, 6) is -1.06. The average molecular weight is 496 g/mol. The lowest BCUT2D eigenvalue weighted by atomic mass is 9.75. The van der Waals surface area contributed by atoms with E-state index >= 15 is 0 Å². The number of rotatable bonds is 4. The van der Waals surface area contributed by atoms with Crippen molar-refractivity contribution in [2.75, 3.05) is 36.4 Å². The molecule has 8 heteroatoms. The highest BCUT2D eigenvalue weighted by Crippen LogP contribution is 2.44. The van der Waals surface area contributed by atoms with Gasteiger partial charge in [-0.15, -0.1) is 0 Å². The number of halogens is 1. The van der Waals surface area contributed by atoms with Crippen LogP contribution < -0.4 is 10.2 Å². The number of carbonyl (C=O) groups is 3. The molecule has 0 bridgehead atoms. The molecule has 2 aromatic rings. The number of nitrogens with one attached hydrogen (secondary N) is 1. The van der Waals surface area contributed by atoms with Gasteiger partial charge in [0.05, 0.1) is 12.3 Å². The molecule has 184 valence electrons. The van der Waals surface area contributed by atoms with Crippen LogP contribution in [-0.4, -0.2) is 54.5 Å². The van der Waals surface area contributed by atoms with Gasteiger partial charge in [-0.05, 0) is 62.1 Å². The highest BCUT2D eigenvalue weighted by Gasteiger charge is 2.52. The molecule has 2 saturated heterocycles. The lowest BCUT2D eigenvalue weighted by molar-refractivity contribution is -0.153. The maximum atomic E-state index is 13.2. The largest absolute Gasteiger partial charge is 0.458 e. The summed E-state index contributed by atoms with van der Waals surface area (Å²) in [6, 6.07) is 14.8. The first kappa shape index (κ1) is 23.7. The monoisotopic (exact) mass is 495 g/mol. The Morgan fingerprint density at radius 3 is 2.46 bits per heavy atom. The van der Waals surface area contributed by atoms with Gasteiger partial charge in [0, 0.05) is 48.1 Å². The van der Waals surface area contributed by atoms with Crippen LogP contribution in [-0.2, 0) is 14.3 Å². The van der Waals surface area contributed by atoms with E-state index in [1.165, 1.54) is 0 Å². The third kappa shape index (κ3) is 5.01. The van der Waals surface area contributed by atoms with E-state index in [1.807, 2.05) is 29.2 Å². The normalized spacial score (nSPS) is 21.6. The lowest BCUT2D eigenvalue weighted by Crippen LogP contribution is -2.48. The fourth-order valence-corrected chi connectivity index (χ4v) is 5.79. The van der Waals surface area contributed by atoms with Crippen LogP contribution in [0.2, 0.25) is 5.02 Å². The fourth-order valence-electron chi connectivity index (χ4n) is 5.61. The first-order chi connectivity index (χ1) is 16.9. The Bertz CT molecular complexity index is 1120. The summed E-state index contributed by atoms with van der Waals surface area (Å²) in [6.45, 7) is 2.65. The third-order valence-corrected chi connectivity index (χ3v) is 7.69. The first-order valence-corrected chi connectivity index (χ1v) is 12.7. The van der Waals surface area contributed by atoms with Gasteiger partial charge in [-0.1, -0.05) is 30.2 Å². The minimum atomic E-state index is -0.671. The van der Waals surface area contributed by atoms with Gasteiger partial charge in [0.1, 0.15) is 5.60 Å². The van der Waals surface area contributed by atoms with E-state index in [1.54, 1.807) is 24.3 Å². The van der Waals surface area contributed by atoms with Crippen LogP contribution in [0, 0.1) is 5.92 Å². The summed E-state index contributed by atoms with van der Waals surface area (Å²) < 4.78 is 5.68. The molecule has 1 N–H and O–H groups in total. The predicted molar refractivity (Wildman–Crippen MR) is 135 cm³/mol. The molecule has 2 aliphatic heterocycles. The summed E-state index contributed by atoms with van der Waals surface area (Å²) >= 11 is 6.12. The Balaban J connectivity index is 1.22. The number of amides is 2. The second-order valence-corrected chi connectivity index (χ2v) is 10.1. The quantitative estimate of drug-likeness (QED) is 0.631. The van der Waals surface area contributed by atoms with E-state index < -0.39 is 11.5 Å². The second kappa shape index (κ2) is 9.90. The van der Waals surface area contributed by atoms with Gasteiger partial charge in [-0.2, -0.15) is 0 Å². The van der Waals surface area contributed by atoms with E-state index in [2.05, 4.69) is 10.2 Å². The highest BCUT2D eigenvalue weighted by atomic mass is 35.5. The summed E-state index contributed by atoms with van der Waals surface area (Å²) in [4.78, 5) is 42.5. The number of anilines is 2. The number of hydrogen-bond donors (Lipinski definition) is 1. The van der Waals surface area contributed by atoms with Gasteiger partial charge in [-0.3, -0.25) is 14.4 Å². The molecule has 3 aliphatic rings. The van der Waals surface area contributed by atoms with E-state index in [0.29, 0.717) is 29.4 Å². The minimum Gasteiger partial charge on any atom is -0.458 e. The van der Waals surface area contributed by atoms with Crippen LogP contribution in [0.3, 0.4) is 0 Å². The van der Waals surface area contributed by atoms with Gasteiger partial charge in [-0.25, -0.2) is 0 Å². The van der Waals surface area contributed by atoms with Crippen LogP contribution in [0.1, 0.15) is 48.9 Å². The minimum absolute atomic E-state index is 0.0602. The molecular weight excluding hydrogens is 466 g/mol. The number of esters is 1. The van der Waals surface area contributed by atoms with Crippen molar-refractivity contribution in [1.82, 2.24) is 4.90 Å². The molecule has 0 radical (unpaired) electrons. The lowest BCUT2D eigenvalue weighted by Gasteiger charge is -2.36. The zero-order valence-corrected chi connectivity index (χ0v) is 20.4. The molecule has 35 heavy (non-hydrogen) atoms. The van der Waals surface area contributed by atoms with Crippen LogP contribution in [0.25, 0.3) is 0 Å². The summed E-state index contributed by atoms with van der Waals surface area (Å²) in [5, 5.41) is 3.64. The average Bonchev–Trinajstić information content (AvgIpc) is 3.19. The molecule has 1 spiro atoms. The van der Waals surface area contributed by atoms with Crippen molar-refractivity contribution in [3.63, 3.8) is 0 Å².